The zero-order valence-corrected chi connectivity index (χ0v) is 18.0. The molecule has 1 heterocycles. The van der Waals surface area contributed by atoms with Crippen molar-refractivity contribution in [3.63, 3.8) is 0 Å². The van der Waals surface area contributed by atoms with Crippen LogP contribution in [0.4, 0.5) is 0 Å². The van der Waals surface area contributed by atoms with Crippen molar-refractivity contribution < 1.29 is 19.1 Å². The fourth-order valence-corrected chi connectivity index (χ4v) is 4.41. The third kappa shape index (κ3) is 4.85. The molecule has 0 radical (unpaired) electrons. The molecule has 0 aromatic heterocycles. The van der Waals surface area contributed by atoms with Gasteiger partial charge in [0.15, 0.2) is 11.5 Å². The van der Waals surface area contributed by atoms with Gasteiger partial charge in [-0.3, -0.25) is 9.59 Å². The van der Waals surface area contributed by atoms with Crippen LogP contribution in [0.25, 0.3) is 0 Å². The van der Waals surface area contributed by atoms with Gasteiger partial charge in [0.2, 0.25) is 11.8 Å². The maximum atomic E-state index is 13.0. The van der Waals surface area contributed by atoms with Gasteiger partial charge in [-0.05, 0) is 64.2 Å². The molecule has 2 amide bonds. The van der Waals surface area contributed by atoms with Crippen LogP contribution in [-0.2, 0) is 16.0 Å². The Hall–Kier alpha value is -2.24. The molecule has 2 aliphatic rings. The second-order valence-electron chi connectivity index (χ2n) is 8.17. The molecule has 6 nitrogen and oxygen atoms in total. The van der Waals surface area contributed by atoms with E-state index in [4.69, 9.17) is 9.47 Å². The molecule has 1 N–H and O–H groups in total. The molecule has 1 saturated heterocycles. The number of carbonyl (C=O) groups excluding carboxylic acids is 2. The van der Waals surface area contributed by atoms with E-state index < -0.39 is 5.54 Å². The van der Waals surface area contributed by atoms with Gasteiger partial charge in [-0.2, -0.15) is 0 Å². The second kappa shape index (κ2) is 9.51. The maximum Gasteiger partial charge on any atom is 0.245 e. The molecule has 1 aliphatic heterocycles. The first-order valence-electron chi connectivity index (χ1n) is 11.0. The van der Waals surface area contributed by atoms with Crippen LogP contribution in [0.5, 0.6) is 11.5 Å². The molecule has 6 heteroatoms. The average molecular weight is 403 g/mol. The quantitative estimate of drug-likeness (QED) is 0.687. The van der Waals surface area contributed by atoms with Crippen LogP contribution in [0.15, 0.2) is 18.2 Å². The summed E-state index contributed by atoms with van der Waals surface area (Å²) in [5, 5.41) is 3.19. The summed E-state index contributed by atoms with van der Waals surface area (Å²) in [5.41, 5.74) is 0.309. The van der Waals surface area contributed by atoms with Crippen molar-refractivity contribution in [2.24, 2.45) is 0 Å². The Labute approximate surface area is 173 Å². The highest BCUT2D eigenvalue weighted by Gasteiger charge is 2.47. The van der Waals surface area contributed by atoms with Crippen LogP contribution in [-0.4, -0.2) is 48.1 Å². The second-order valence-corrected chi connectivity index (χ2v) is 8.17. The highest BCUT2D eigenvalue weighted by molar-refractivity contribution is 5.94. The molecule has 29 heavy (non-hydrogen) atoms. The normalized spacial score (nSPS) is 22.2. The first-order chi connectivity index (χ1) is 14.0. The average Bonchev–Trinajstić information content (AvgIpc) is 3.31. The molecule has 2 fully saturated rings. The topological polar surface area (TPSA) is 67.9 Å². The summed E-state index contributed by atoms with van der Waals surface area (Å²) in [5.74, 6) is 1.51. The van der Waals surface area contributed by atoms with Crippen molar-refractivity contribution in [3.8, 4) is 11.5 Å². The van der Waals surface area contributed by atoms with Crippen LogP contribution in [0.1, 0.15) is 64.9 Å². The number of rotatable bonds is 9. The zero-order chi connectivity index (χ0) is 20.9. The summed E-state index contributed by atoms with van der Waals surface area (Å²) in [7, 11) is 0. The van der Waals surface area contributed by atoms with Crippen LogP contribution in [0, 0.1) is 0 Å². The van der Waals surface area contributed by atoms with Gasteiger partial charge in [0.25, 0.3) is 0 Å². The lowest BCUT2D eigenvalue weighted by Gasteiger charge is -2.35. The van der Waals surface area contributed by atoms with Gasteiger partial charge >= 0.3 is 0 Å². The van der Waals surface area contributed by atoms with E-state index in [9.17, 15) is 9.59 Å². The van der Waals surface area contributed by atoms with E-state index in [0.717, 1.165) is 29.9 Å². The van der Waals surface area contributed by atoms with Gasteiger partial charge in [0.1, 0.15) is 5.54 Å². The number of carbonyl (C=O) groups is 2. The highest BCUT2D eigenvalue weighted by Crippen LogP contribution is 2.33. The Morgan fingerprint density at radius 2 is 1.86 bits per heavy atom. The summed E-state index contributed by atoms with van der Waals surface area (Å²) in [6.07, 6.45) is 6.11. The third-order valence-corrected chi connectivity index (χ3v) is 6.13. The van der Waals surface area contributed by atoms with Crippen LogP contribution < -0.4 is 14.8 Å². The standard InChI is InChI=1S/C23H34N2O4/c1-4-28-19-11-10-17(16-20(19)29-5-2)13-15-25-21(26)12-14-23(25,3)22(27)24-18-8-6-7-9-18/h10-11,16,18H,4-9,12-15H2,1-3H3,(H,24,27). The number of ether oxygens (including phenoxy) is 2. The fraction of sp³-hybridized carbons (Fsp3) is 0.652. The summed E-state index contributed by atoms with van der Waals surface area (Å²) in [6, 6.07) is 6.16. The number of benzene rings is 1. The Morgan fingerprint density at radius 3 is 2.55 bits per heavy atom. The molecule has 1 aromatic carbocycles. The van der Waals surface area contributed by atoms with Crippen molar-refractivity contribution in [1.29, 1.82) is 0 Å². The molecule has 1 aliphatic carbocycles. The smallest absolute Gasteiger partial charge is 0.245 e. The highest BCUT2D eigenvalue weighted by atomic mass is 16.5. The number of nitrogens with one attached hydrogen (secondary N) is 1. The van der Waals surface area contributed by atoms with E-state index in [1.54, 1.807) is 4.90 Å². The van der Waals surface area contributed by atoms with E-state index in [0.29, 0.717) is 39.0 Å². The molecule has 1 aromatic rings. The number of nitrogens with zero attached hydrogens (tertiary/aromatic N) is 1. The monoisotopic (exact) mass is 402 g/mol. The van der Waals surface area contributed by atoms with E-state index in [1.807, 2.05) is 39.0 Å². The zero-order valence-electron chi connectivity index (χ0n) is 18.0. The SMILES string of the molecule is CCOc1ccc(CCN2C(=O)CCC2(C)C(=O)NC2CCCC2)cc1OCC. The predicted molar refractivity (Wildman–Crippen MR) is 112 cm³/mol. The summed E-state index contributed by atoms with van der Waals surface area (Å²) < 4.78 is 11.3. The lowest BCUT2D eigenvalue weighted by molar-refractivity contribution is -0.140. The lowest BCUT2D eigenvalue weighted by Crippen LogP contribution is -2.56. The largest absolute Gasteiger partial charge is 0.490 e. The minimum Gasteiger partial charge on any atom is -0.490 e. The van der Waals surface area contributed by atoms with Crippen molar-refractivity contribution in [2.75, 3.05) is 19.8 Å². The lowest BCUT2D eigenvalue weighted by atomic mass is 9.96. The number of likely N-dealkylation sites (tertiary alicyclic amines) is 1. The Balaban J connectivity index is 1.68. The van der Waals surface area contributed by atoms with Crippen LogP contribution in [0.2, 0.25) is 0 Å². The van der Waals surface area contributed by atoms with Crippen molar-refractivity contribution in [2.45, 2.75) is 77.3 Å². The molecule has 1 saturated carbocycles. The minimum absolute atomic E-state index is 0.00282. The Kier molecular flexibility index (Phi) is 7.04. The molecular formula is C23H34N2O4. The van der Waals surface area contributed by atoms with Gasteiger partial charge in [-0.25, -0.2) is 0 Å². The fourth-order valence-electron chi connectivity index (χ4n) is 4.41. The minimum atomic E-state index is -0.756. The van der Waals surface area contributed by atoms with E-state index in [1.165, 1.54) is 12.8 Å². The molecule has 0 spiro atoms. The van der Waals surface area contributed by atoms with Gasteiger partial charge in [-0.15, -0.1) is 0 Å². The third-order valence-electron chi connectivity index (χ3n) is 6.13. The number of amides is 2. The number of hydrogen-bond donors (Lipinski definition) is 1. The molecule has 3 rings (SSSR count). The van der Waals surface area contributed by atoms with E-state index in [-0.39, 0.29) is 17.9 Å². The Bertz CT molecular complexity index is 730. The van der Waals surface area contributed by atoms with Gasteiger partial charge in [-0.1, -0.05) is 18.9 Å². The molecule has 0 bridgehead atoms. The van der Waals surface area contributed by atoms with Crippen molar-refractivity contribution in [1.82, 2.24) is 10.2 Å². The summed E-state index contributed by atoms with van der Waals surface area (Å²) in [4.78, 5) is 27.3. The van der Waals surface area contributed by atoms with Gasteiger partial charge in [0.05, 0.1) is 13.2 Å². The molecule has 160 valence electrons. The van der Waals surface area contributed by atoms with E-state index in [2.05, 4.69) is 5.32 Å². The van der Waals surface area contributed by atoms with Crippen molar-refractivity contribution >= 4 is 11.8 Å². The van der Waals surface area contributed by atoms with Gasteiger partial charge < -0.3 is 19.7 Å². The van der Waals surface area contributed by atoms with Crippen molar-refractivity contribution in [3.05, 3.63) is 23.8 Å². The molecule has 1 unspecified atom stereocenters. The molecular weight excluding hydrogens is 368 g/mol. The predicted octanol–water partition coefficient (Wildman–Crippen LogP) is 3.47. The summed E-state index contributed by atoms with van der Waals surface area (Å²) in [6.45, 7) is 7.46. The first kappa shape index (κ1) is 21.5. The number of hydrogen-bond acceptors (Lipinski definition) is 4. The molecule has 1 atom stereocenters. The first-order valence-corrected chi connectivity index (χ1v) is 11.0. The van der Waals surface area contributed by atoms with Gasteiger partial charge in [0, 0.05) is 19.0 Å². The summed E-state index contributed by atoms with van der Waals surface area (Å²) >= 11 is 0. The van der Waals surface area contributed by atoms with E-state index >= 15 is 0 Å². The maximum absolute atomic E-state index is 13.0. The Morgan fingerprint density at radius 1 is 1.17 bits per heavy atom. The van der Waals surface area contributed by atoms with Crippen LogP contribution in [0.3, 0.4) is 0 Å². The van der Waals surface area contributed by atoms with Crippen LogP contribution >= 0.6 is 0 Å².